The predicted molar refractivity (Wildman–Crippen MR) is 135 cm³/mol. The van der Waals surface area contributed by atoms with Crippen molar-refractivity contribution in [3.8, 4) is 0 Å². The Morgan fingerprint density at radius 3 is 2.59 bits per heavy atom. The van der Waals surface area contributed by atoms with E-state index in [9.17, 15) is 19.8 Å². The van der Waals surface area contributed by atoms with Crippen LogP contribution in [0.5, 0.6) is 0 Å². The van der Waals surface area contributed by atoms with Gasteiger partial charge >= 0.3 is 5.97 Å². The molecule has 3 heterocycles. The number of esters is 1. The van der Waals surface area contributed by atoms with Crippen LogP contribution in [0.3, 0.4) is 0 Å². The number of nitrogens with zero attached hydrogens (tertiary/aromatic N) is 1. The number of ketones is 1. The second kappa shape index (κ2) is 7.70. The van der Waals surface area contributed by atoms with Crippen molar-refractivity contribution in [3.05, 3.63) is 22.9 Å². The molecule has 4 aliphatic carbocycles. The van der Waals surface area contributed by atoms with Gasteiger partial charge in [-0.25, -0.2) is 4.79 Å². The van der Waals surface area contributed by atoms with E-state index in [4.69, 9.17) is 9.47 Å². The summed E-state index contributed by atoms with van der Waals surface area (Å²) < 4.78 is 12.3. The van der Waals surface area contributed by atoms with E-state index < -0.39 is 17.1 Å². The van der Waals surface area contributed by atoms with Crippen molar-refractivity contribution in [2.24, 2.45) is 40.4 Å². The van der Waals surface area contributed by atoms with Crippen LogP contribution in [0.25, 0.3) is 0 Å². The average Bonchev–Trinajstić information content (AvgIpc) is 3.77. The average molecular weight is 512 g/mol. The normalized spacial score (nSPS) is 50.9. The SMILES string of the molecule is CC1=C(CO)C(=O)O[C@H]([C@@H](C)[C@H]2CC[C@H]3[C@@H]4C[C@H]5O[C@]56[C@@H](O)C(N5CC5)=CC(=O)C6(C)[C@H]4CC[C@]23C)C1. The highest BCUT2D eigenvalue weighted by molar-refractivity contribution is 5.99. The number of cyclic esters (lactones) is 1. The second-order valence-electron chi connectivity index (χ2n) is 13.7. The van der Waals surface area contributed by atoms with Crippen molar-refractivity contribution in [2.75, 3.05) is 19.7 Å². The summed E-state index contributed by atoms with van der Waals surface area (Å²) in [4.78, 5) is 28.5. The smallest absolute Gasteiger partial charge is 0.336 e. The van der Waals surface area contributed by atoms with E-state index in [2.05, 4.69) is 25.7 Å². The summed E-state index contributed by atoms with van der Waals surface area (Å²) in [6.45, 7) is 10.3. The highest BCUT2D eigenvalue weighted by Gasteiger charge is 2.81. The molecule has 7 aliphatic rings. The lowest BCUT2D eigenvalue weighted by atomic mass is 9.44. The Hall–Kier alpha value is -1.70. The standard InChI is InChI=1S/C30H41NO6/c1-15-11-23(36-27(35)18(15)14-32)16(2)19-5-6-20-17-12-25-30(37-25)26(34)22(31-9-10-31)13-24(33)29(30,4)21(17)7-8-28(19,20)3/h13,16-17,19-21,23,25-26,32,34H,5-12,14H2,1-4H3/t16-,17-,19+,20-,21-,23-,25+,26-,28+,29?,30-/m0/s1. The number of ether oxygens (including phenoxy) is 2. The van der Waals surface area contributed by atoms with E-state index in [1.54, 1.807) is 6.08 Å². The summed E-state index contributed by atoms with van der Waals surface area (Å²) in [5, 5.41) is 21.0. The Kier molecular flexibility index (Phi) is 5.06. The number of allylic oxidation sites excluding steroid dienone is 1. The van der Waals surface area contributed by atoms with Gasteiger partial charge in [-0.2, -0.15) is 0 Å². The monoisotopic (exact) mass is 511 g/mol. The van der Waals surface area contributed by atoms with Crippen LogP contribution in [0.2, 0.25) is 0 Å². The van der Waals surface area contributed by atoms with Gasteiger partial charge in [-0.05, 0) is 81.0 Å². The predicted octanol–water partition coefficient (Wildman–Crippen LogP) is 3.00. The molecule has 1 spiro atoms. The molecule has 0 bridgehead atoms. The Labute approximate surface area is 219 Å². The minimum atomic E-state index is -0.748. The molecule has 3 saturated carbocycles. The number of rotatable bonds is 4. The van der Waals surface area contributed by atoms with Gasteiger partial charge in [0, 0.05) is 31.3 Å². The summed E-state index contributed by atoms with van der Waals surface area (Å²) in [7, 11) is 0. The topological polar surface area (TPSA) is 99.4 Å². The minimum Gasteiger partial charge on any atom is -0.458 e. The maximum atomic E-state index is 13.8. The van der Waals surface area contributed by atoms with Gasteiger partial charge in [0.2, 0.25) is 0 Å². The van der Waals surface area contributed by atoms with E-state index in [0.717, 1.165) is 56.5 Å². The Bertz CT molecular complexity index is 1130. The van der Waals surface area contributed by atoms with Crippen molar-refractivity contribution in [3.63, 3.8) is 0 Å². The molecule has 11 atom stereocenters. The number of aliphatic hydroxyl groups excluding tert-OH is 2. The van der Waals surface area contributed by atoms with Crippen LogP contribution in [0.1, 0.15) is 66.2 Å². The molecule has 0 aromatic carbocycles. The van der Waals surface area contributed by atoms with E-state index in [0.29, 0.717) is 29.7 Å². The molecule has 2 saturated heterocycles. The maximum Gasteiger partial charge on any atom is 0.336 e. The summed E-state index contributed by atoms with van der Waals surface area (Å²) in [6, 6.07) is 0. The van der Waals surface area contributed by atoms with Crippen molar-refractivity contribution < 1.29 is 29.3 Å². The summed E-state index contributed by atoms with van der Waals surface area (Å²) in [5.41, 5.74) is 0.843. The van der Waals surface area contributed by atoms with Crippen molar-refractivity contribution >= 4 is 11.8 Å². The number of epoxide rings is 1. The number of carbonyl (C=O) groups is 2. The van der Waals surface area contributed by atoms with Gasteiger partial charge < -0.3 is 24.6 Å². The van der Waals surface area contributed by atoms with Crippen LogP contribution < -0.4 is 0 Å². The van der Waals surface area contributed by atoms with Gasteiger partial charge in [-0.3, -0.25) is 4.79 Å². The van der Waals surface area contributed by atoms with E-state index in [1.165, 1.54) is 0 Å². The quantitative estimate of drug-likeness (QED) is 0.442. The first-order valence-electron chi connectivity index (χ1n) is 14.4. The number of fused-ring (bicyclic) bond motifs is 4. The van der Waals surface area contributed by atoms with Gasteiger partial charge in [-0.15, -0.1) is 0 Å². The zero-order valence-electron chi connectivity index (χ0n) is 22.5. The first-order valence-corrected chi connectivity index (χ1v) is 14.4. The minimum absolute atomic E-state index is 0.0517. The zero-order valence-corrected chi connectivity index (χ0v) is 22.5. The largest absolute Gasteiger partial charge is 0.458 e. The van der Waals surface area contributed by atoms with E-state index in [-0.39, 0.29) is 47.8 Å². The first-order chi connectivity index (χ1) is 17.6. The lowest BCUT2D eigenvalue weighted by Crippen LogP contribution is -2.65. The summed E-state index contributed by atoms with van der Waals surface area (Å²) >= 11 is 0. The molecule has 37 heavy (non-hydrogen) atoms. The fourth-order valence-corrected chi connectivity index (χ4v) is 10.3. The second-order valence-corrected chi connectivity index (χ2v) is 13.7. The van der Waals surface area contributed by atoms with Crippen LogP contribution in [0.4, 0.5) is 0 Å². The molecule has 202 valence electrons. The van der Waals surface area contributed by atoms with Gasteiger partial charge in [-0.1, -0.05) is 19.4 Å². The van der Waals surface area contributed by atoms with Gasteiger partial charge in [0.15, 0.2) is 5.78 Å². The number of carbonyl (C=O) groups excluding carboxylic acids is 2. The molecule has 0 aromatic heterocycles. The number of hydrogen-bond acceptors (Lipinski definition) is 7. The van der Waals surface area contributed by atoms with Crippen molar-refractivity contribution in [1.82, 2.24) is 4.90 Å². The van der Waals surface area contributed by atoms with Crippen molar-refractivity contribution in [1.29, 1.82) is 0 Å². The van der Waals surface area contributed by atoms with Crippen molar-refractivity contribution in [2.45, 2.75) is 90.1 Å². The molecule has 1 unspecified atom stereocenters. The third-order valence-electron chi connectivity index (χ3n) is 12.5. The molecular weight excluding hydrogens is 470 g/mol. The Morgan fingerprint density at radius 1 is 1.16 bits per heavy atom. The Morgan fingerprint density at radius 2 is 1.92 bits per heavy atom. The molecule has 3 aliphatic heterocycles. The highest BCUT2D eigenvalue weighted by atomic mass is 16.6. The third-order valence-corrected chi connectivity index (χ3v) is 12.5. The fraction of sp³-hybridized carbons (Fsp3) is 0.800. The van der Waals surface area contributed by atoms with Crippen LogP contribution >= 0.6 is 0 Å². The summed E-state index contributed by atoms with van der Waals surface area (Å²) in [6.07, 6.45) is 6.71. The zero-order chi connectivity index (χ0) is 26.1. The van der Waals surface area contributed by atoms with Crippen LogP contribution in [-0.4, -0.2) is 70.5 Å². The maximum absolute atomic E-state index is 13.8. The van der Waals surface area contributed by atoms with Crippen LogP contribution in [0.15, 0.2) is 22.9 Å². The first kappa shape index (κ1) is 24.3. The van der Waals surface area contributed by atoms with Gasteiger partial charge in [0.1, 0.15) is 17.8 Å². The third kappa shape index (κ3) is 2.94. The van der Waals surface area contributed by atoms with Crippen LogP contribution in [0, 0.1) is 40.4 Å². The molecule has 0 radical (unpaired) electrons. The molecule has 0 aromatic rings. The van der Waals surface area contributed by atoms with E-state index >= 15 is 0 Å². The molecule has 0 amide bonds. The molecule has 7 rings (SSSR count). The van der Waals surface area contributed by atoms with E-state index in [1.807, 2.05) is 6.92 Å². The Balaban J connectivity index is 1.16. The van der Waals surface area contributed by atoms with Gasteiger partial charge in [0.25, 0.3) is 0 Å². The summed E-state index contributed by atoms with van der Waals surface area (Å²) in [5.74, 6) is 1.60. The number of hydrogen-bond donors (Lipinski definition) is 2. The highest BCUT2D eigenvalue weighted by Crippen LogP contribution is 2.73. The molecule has 7 nitrogen and oxygen atoms in total. The fourth-order valence-electron chi connectivity index (χ4n) is 10.3. The molecule has 2 N–H and O–H groups in total. The molecular formula is C30H41NO6. The van der Waals surface area contributed by atoms with Gasteiger partial charge in [0.05, 0.1) is 23.7 Å². The number of aliphatic hydroxyl groups is 2. The lowest BCUT2D eigenvalue weighted by Gasteiger charge is -2.58. The molecule has 5 fully saturated rings. The van der Waals surface area contributed by atoms with Crippen LogP contribution in [-0.2, 0) is 19.1 Å². The molecule has 7 heteroatoms. The lowest BCUT2D eigenvalue weighted by molar-refractivity contribution is -0.156.